The van der Waals surface area contributed by atoms with Crippen LogP contribution in [0, 0.1) is 6.92 Å². The van der Waals surface area contributed by atoms with Crippen LogP contribution in [0.1, 0.15) is 99.9 Å². The van der Waals surface area contributed by atoms with Crippen LogP contribution in [-0.2, 0) is 8.85 Å². The van der Waals surface area contributed by atoms with E-state index in [0.717, 1.165) is 18.4 Å². The van der Waals surface area contributed by atoms with E-state index in [1.54, 1.807) is 0 Å². The van der Waals surface area contributed by atoms with Gasteiger partial charge in [-0.25, -0.2) is 0 Å². The van der Waals surface area contributed by atoms with Crippen molar-refractivity contribution in [1.29, 1.82) is 0 Å². The lowest BCUT2D eigenvalue weighted by Crippen LogP contribution is -2.51. The molecule has 0 radical (unpaired) electrons. The number of unbranched alkanes of at least 4 members (excludes halogenated alkanes) is 10. The highest BCUT2D eigenvalue weighted by atomic mass is 28.4. The van der Waals surface area contributed by atoms with Crippen LogP contribution in [0.3, 0.4) is 0 Å². The summed E-state index contributed by atoms with van der Waals surface area (Å²) in [4.78, 5) is 13.1. The van der Waals surface area contributed by atoms with Crippen molar-refractivity contribution in [3.63, 3.8) is 0 Å². The van der Waals surface area contributed by atoms with E-state index in [4.69, 9.17) is 8.85 Å². The zero-order valence-corrected chi connectivity index (χ0v) is 26.9. The van der Waals surface area contributed by atoms with E-state index >= 15 is 0 Å². The van der Waals surface area contributed by atoms with E-state index in [9.17, 15) is 4.79 Å². The van der Waals surface area contributed by atoms with Gasteiger partial charge in [0.1, 0.15) is 0 Å². The minimum atomic E-state index is -1.79. The summed E-state index contributed by atoms with van der Waals surface area (Å²) >= 11 is 0. The van der Waals surface area contributed by atoms with Crippen molar-refractivity contribution in [2.75, 3.05) is 6.61 Å². The standard InChI is InChI=1S/C30H57NO3Si2/c1-9-10-11-12-13-14-15-16-17-18-19-20-29(34-36(6,7)8)28(25-33-35(3,4)5)31-30(32)27-23-21-26(2)22-24-27/h21-24,28-29H,9-20,25H2,1-8H3,(H,31,32). The highest BCUT2D eigenvalue weighted by Gasteiger charge is 2.31. The first-order valence-corrected chi connectivity index (χ1v) is 21.4. The topological polar surface area (TPSA) is 47.6 Å². The molecule has 36 heavy (non-hydrogen) atoms. The molecule has 0 aliphatic carbocycles. The first kappa shape index (κ1) is 33.1. The smallest absolute Gasteiger partial charge is 0.251 e. The maximum atomic E-state index is 13.1. The van der Waals surface area contributed by atoms with Crippen LogP contribution in [0.15, 0.2) is 24.3 Å². The third-order valence-electron chi connectivity index (χ3n) is 6.37. The van der Waals surface area contributed by atoms with Gasteiger partial charge in [-0.2, -0.15) is 0 Å². The number of benzene rings is 1. The van der Waals surface area contributed by atoms with Crippen molar-refractivity contribution >= 4 is 22.5 Å². The molecule has 0 aliphatic heterocycles. The van der Waals surface area contributed by atoms with Gasteiger partial charge in [-0.3, -0.25) is 4.79 Å². The number of nitrogens with one attached hydrogen (secondary N) is 1. The summed E-state index contributed by atoms with van der Waals surface area (Å²) in [5.41, 5.74) is 1.85. The summed E-state index contributed by atoms with van der Waals surface area (Å²) in [7, 11) is -3.52. The molecule has 1 aromatic carbocycles. The first-order chi connectivity index (χ1) is 16.9. The molecule has 0 bridgehead atoms. The SMILES string of the molecule is CCCCCCCCCCCCCC(O[Si](C)(C)C)C(CO[Si](C)(C)C)NC(=O)c1ccc(C)cc1. The number of carbonyl (C=O) groups is 1. The van der Waals surface area contributed by atoms with Gasteiger partial charge in [-0.05, 0) is 64.8 Å². The molecule has 208 valence electrons. The van der Waals surface area contributed by atoms with E-state index in [1.165, 1.54) is 64.2 Å². The van der Waals surface area contributed by atoms with Gasteiger partial charge in [0.2, 0.25) is 0 Å². The summed E-state index contributed by atoms with van der Waals surface area (Å²) in [6.07, 6.45) is 15.6. The number of rotatable bonds is 20. The summed E-state index contributed by atoms with van der Waals surface area (Å²) in [6, 6.07) is 7.65. The predicted octanol–water partition coefficient (Wildman–Crippen LogP) is 8.87. The largest absolute Gasteiger partial charge is 0.415 e. The number of carbonyl (C=O) groups excluding carboxylic acids is 1. The van der Waals surface area contributed by atoms with Crippen LogP contribution in [-0.4, -0.2) is 41.3 Å². The van der Waals surface area contributed by atoms with Crippen molar-refractivity contribution in [2.24, 2.45) is 0 Å². The Hall–Kier alpha value is -0.956. The second-order valence-electron chi connectivity index (χ2n) is 12.5. The third-order valence-corrected chi connectivity index (χ3v) is 8.41. The average Bonchev–Trinajstić information content (AvgIpc) is 2.78. The van der Waals surface area contributed by atoms with Gasteiger partial charge in [-0.1, -0.05) is 95.2 Å². The van der Waals surface area contributed by atoms with Crippen LogP contribution in [0.5, 0.6) is 0 Å². The van der Waals surface area contributed by atoms with Gasteiger partial charge in [0.05, 0.1) is 18.8 Å². The van der Waals surface area contributed by atoms with Gasteiger partial charge in [0.15, 0.2) is 16.6 Å². The molecule has 2 atom stereocenters. The van der Waals surface area contributed by atoms with Crippen molar-refractivity contribution in [3.8, 4) is 0 Å². The molecule has 1 rings (SSSR count). The van der Waals surface area contributed by atoms with E-state index in [0.29, 0.717) is 12.2 Å². The van der Waals surface area contributed by atoms with E-state index in [-0.39, 0.29) is 18.1 Å². The highest BCUT2D eigenvalue weighted by molar-refractivity contribution is 6.70. The minimum absolute atomic E-state index is 0.0130. The Morgan fingerprint density at radius 2 is 1.28 bits per heavy atom. The average molecular weight is 536 g/mol. The molecular formula is C30H57NO3Si2. The molecule has 1 N–H and O–H groups in total. The van der Waals surface area contributed by atoms with Gasteiger partial charge < -0.3 is 14.2 Å². The molecule has 0 saturated carbocycles. The Balaban J connectivity index is 2.67. The maximum absolute atomic E-state index is 13.1. The molecule has 1 amide bonds. The fraction of sp³-hybridized carbons (Fsp3) is 0.767. The quantitative estimate of drug-likeness (QED) is 0.134. The van der Waals surface area contributed by atoms with Crippen molar-refractivity contribution in [2.45, 2.75) is 142 Å². The molecule has 4 nitrogen and oxygen atoms in total. The van der Waals surface area contributed by atoms with Crippen LogP contribution in [0.4, 0.5) is 0 Å². The van der Waals surface area contributed by atoms with Crippen molar-refractivity contribution in [3.05, 3.63) is 35.4 Å². The normalized spacial score (nSPS) is 14.0. The molecule has 0 saturated heterocycles. The molecule has 0 heterocycles. The third kappa shape index (κ3) is 16.7. The van der Waals surface area contributed by atoms with Crippen LogP contribution in [0.2, 0.25) is 39.3 Å². The van der Waals surface area contributed by atoms with Crippen molar-refractivity contribution < 1.29 is 13.6 Å². The monoisotopic (exact) mass is 535 g/mol. The molecule has 0 fully saturated rings. The molecular weight excluding hydrogens is 479 g/mol. The van der Waals surface area contributed by atoms with Crippen LogP contribution >= 0.6 is 0 Å². The predicted molar refractivity (Wildman–Crippen MR) is 161 cm³/mol. The Morgan fingerprint density at radius 3 is 1.75 bits per heavy atom. The number of hydrogen-bond donors (Lipinski definition) is 1. The lowest BCUT2D eigenvalue weighted by molar-refractivity contribution is 0.0748. The number of amides is 1. The van der Waals surface area contributed by atoms with E-state index < -0.39 is 16.6 Å². The number of aryl methyl sites for hydroxylation is 1. The van der Waals surface area contributed by atoms with Crippen LogP contribution in [0.25, 0.3) is 0 Å². The Morgan fingerprint density at radius 1 is 0.778 bits per heavy atom. The second-order valence-corrected chi connectivity index (χ2v) is 21.4. The molecule has 0 spiro atoms. The Bertz CT molecular complexity index is 710. The fourth-order valence-electron chi connectivity index (χ4n) is 4.34. The van der Waals surface area contributed by atoms with Gasteiger partial charge in [-0.15, -0.1) is 0 Å². The Kier molecular flexibility index (Phi) is 16.1. The summed E-state index contributed by atoms with van der Waals surface area (Å²) in [5, 5.41) is 3.29. The van der Waals surface area contributed by atoms with E-state index in [2.05, 4.69) is 51.5 Å². The summed E-state index contributed by atoms with van der Waals surface area (Å²) in [6.45, 7) is 18.1. The molecule has 6 heteroatoms. The van der Waals surface area contributed by atoms with Gasteiger partial charge >= 0.3 is 0 Å². The zero-order valence-electron chi connectivity index (χ0n) is 24.9. The van der Waals surface area contributed by atoms with Gasteiger partial charge in [0, 0.05) is 5.56 Å². The zero-order chi connectivity index (χ0) is 27.0. The summed E-state index contributed by atoms with van der Waals surface area (Å²) in [5.74, 6) is -0.0395. The fourth-order valence-corrected chi connectivity index (χ4v) is 6.21. The lowest BCUT2D eigenvalue weighted by atomic mass is 10.0. The minimum Gasteiger partial charge on any atom is -0.415 e. The molecule has 0 aliphatic rings. The van der Waals surface area contributed by atoms with Crippen molar-refractivity contribution in [1.82, 2.24) is 5.32 Å². The Labute approximate surface area is 225 Å². The van der Waals surface area contributed by atoms with Crippen LogP contribution < -0.4 is 5.32 Å². The first-order valence-electron chi connectivity index (χ1n) is 14.6. The number of hydrogen-bond acceptors (Lipinski definition) is 3. The molecule has 1 aromatic rings. The van der Waals surface area contributed by atoms with Gasteiger partial charge in [0.25, 0.3) is 5.91 Å². The highest BCUT2D eigenvalue weighted by Crippen LogP contribution is 2.20. The van der Waals surface area contributed by atoms with E-state index in [1.807, 2.05) is 31.2 Å². The maximum Gasteiger partial charge on any atom is 0.251 e. The second kappa shape index (κ2) is 17.5. The molecule has 0 aromatic heterocycles. The lowest BCUT2D eigenvalue weighted by Gasteiger charge is -2.34. The molecule has 2 unspecified atom stereocenters. The summed E-state index contributed by atoms with van der Waals surface area (Å²) < 4.78 is 13.0.